The number of likely N-dealkylation sites (N-methyl/N-ethyl adjacent to an activating group) is 1. The fraction of sp³-hybridized carbons (Fsp3) is 0.208. The van der Waals surface area contributed by atoms with Gasteiger partial charge in [-0.2, -0.15) is 0 Å². The molecule has 1 heterocycles. The van der Waals surface area contributed by atoms with Gasteiger partial charge < -0.3 is 14.6 Å². The van der Waals surface area contributed by atoms with E-state index >= 15 is 0 Å². The summed E-state index contributed by atoms with van der Waals surface area (Å²) in [6.07, 6.45) is 0. The van der Waals surface area contributed by atoms with Gasteiger partial charge >= 0.3 is 0 Å². The van der Waals surface area contributed by atoms with Crippen molar-refractivity contribution in [3.63, 3.8) is 0 Å². The summed E-state index contributed by atoms with van der Waals surface area (Å²) in [6, 6.07) is 18.3. The van der Waals surface area contributed by atoms with Crippen molar-refractivity contribution in [1.29, 1.82) is 0 Å². The van der Waals surface area contributed by atoms with E-state index in [1.807, 2.05) is 68.4 Å². The number of hydrogen-bond donors (Lipinski definition) is 1. The maximum absolute atomic E-state index is 13.6. The second-order valence-corrected chi connectivity index (χ2v) is 7.46. The van der Waals surface area contributed by atoms with Crippen molar-refractivity contribution >= 4 is 27.6 Å². The highest BCUT2D eigenvalue weighted by molar-refractivity contribution is 6.08. The van der Waals surface area contributed by atoms with Crippen LogP contribution in [0, 0.1) is 12.7 Å². The number of nitrogens with zero attached hydrogens (tertiary/aromatic N) is 1. The first-order chi connectivity index (χ1) is 14.0. The molecule has 0 unspecified atom stereocenters. The smallest absolute Gasteiger partial charge is 0.287 e. The van der Waals surface area contributed by atoms with Crippen LogP contribution in [0.25, 0.3) is 21.7 Å². The molecule has 0 bridgehead atoms. The van der Waals surface area contributed by atoms with E-state index in [-0.39, 0.29) is 17.8 Å². The highest BCUT2D eigenvalue weighted by atomic mass is 19.1. The van der Waals surface area contributed by atoms with E-state index < -0.39 is 0 Å². The first kappa shape index (κ1) is 19.2. The molecule has 1 aromatic heterocycles. The molecule has 5 heteroatoms. The van der Waals surface area contributed by atoms with Crippen LogP contribution in [0.1, 0.15) is 27.7 Å². The molecule has 29 heavy (non-hydrogen) atoms. The quantitative estimate of drug-likeness (QED) is 0.518. The number of hydrogen-bond acceptors (Lipinski definition) is 3. The Labute approximate surface area is 168 Å². The van der Waals surface area contributed by atoms with Crippen molar-refractivity contribution in [2.75, 3.05) is 20.6 Å². The minimum Gasteiger partial charge on any atom is -0.450 e. The van der Waals surface area contributed by atoms with Crippen molar-refractivity contribution in [2.45, 2.75) is 13.0 Å². The molecule has 4 nitrogen and oxygen atoms in total. The second kappa shape index (κ2) is 7.68. The molecule has 1 N–H and O–H groups in total. The van der Waals surface area contributed by atoms with Gasteiger partial charge in [0.05, 0.1) is 6.04 Å². The van der Waals surface area contributed by atoms with Gasteiger partial charge in [-0.3, -0.25) is 4.79 Å². The molecule has 1 amide bonds. The van der Waals surface area contributed by atoms with Gasteiger partial charge in [0, 0.05) is 22.9 Å². The van der Waals surface area contributed by atoms with E-state index in [1.165, 1.54) is 12.1 Å². The SMILES string of the molecule is Cc1c(C(=O)NC[C@H](c2cccc(F)c2)N(C)C)oc2c1ccc1ccccc12. The Balaban J connectivity index is 1.62. The van der Waals surface area contributed by atoms with E-state index in [1.54, 1.807) is 6.07 Å². The van der Waals surface area contributed by atoms with Gasteiger partial charge in [-0.25, -0.2) is 4.39 Å². The van der Waals surface area contributed by atoms with Gasteiger partial charge in [0.15, 0.2) is 5.76 Å². The monoisotopic (exact) mass is 390 g/mol. The van der Waals surface area contributed by atoms with Gasteiger partial charge in [0.25, 0.3) is 5.91 Å². The molecule has 4 rings (SSSR count). The van der Waals surface area contributed by atoms with Crippen LogP contribution >= 0.6 is 0 Å². The Morgan fingerprint density at radius 1 is 1.07 bits per heavy atom. The number of nitrogens with one attached hydrogen (secondary N) is 1. The molecule has 148 valence electrons. The molecular formula is C24H23FN2O2. The number of carbonyl (C=O) groups is 1. The first-order valence-corrected chi connectivity index (χ1v) is 9.56. The lowest BCUT2D eigenvalue weighted by Crippen LogP contribution is -2.34. The third-order valence-electron chi connectivity index (χ3n) is 5.35. The second-order valence-electron chi connectivity index (χ2n) is 7.46. The van der Waals surface area contributed by atoms with Crippen molar-refractivity contribution in [2.24, 2.45) is 0 Å². The Morgan fingerprint density at radius 3 is 2.62 bits per heavy atom. The normalized spacial score (nSPS) is 12.6. The summed E-state index contributed by atoms with van der Waals surface area (Å²) in [5, 5.41) is 5.94. The maximum atomic E-state index is 13.6. The van der Waals surface area contributed by atoms with Crippen LogP contribution in [0.3, 0.4) is 0 Å². The lowest BCUT2D eigenvalue weighted by Gasteiger charge is -2.25. The molecular weight excluding hydrogens is 367 g/mol. The van der Waals surface area contributed by atoms with Crippen LogP contribution in [0.4, 0.5) is 4.39 Å². The largest absolute Gasteiger partial charge is 0.450 e. The lowest BCUT2D eigenvalue weighted by atomic mass is 10.0. The molecule has 3 aromatic carbocycles. The first-order valence-electron chi connectivity index (χ1n) is 9.56. The zero-order valence-electron chi connectivity index (χ0n) is 16.7. The third-order valence-corrected chi connectivity index (χ3v) is 5.35. The number of amides is 1. The number of halogens is 1. The summed E-state index contributed by atoms with van der Waals surface area (Å²) in [5.41, 5.74) is 2.35. The van der Waals surface area contributed by atoms with Gasteiger partial charge in [-0.15, -0.1) is 0 Å². The number of furan rings is 1. The molecule has 0 radical (unpaired) electrons. The summed E-state index contributed by atoms with van der Waals surface area (Å²) >= 11 is 0. The summed E-state index contributed by atoms with van der Waals surface area (Å²) in [6.45, 7) is 2.23. The Bertz CT molecular complexity index is 1200. The van der Waals surface area contributed by atoms with Crippen molar-refractivity contribution in [3.05, 3.63) is 83.4 Å². The minimum absolute atomic E-state index is 0.153. The molecule has 0 aliphatic rings. The van der Waals surface area contributed by atoms with Gasteiger partial charge in [-0.05, 0) is 44.1 Å². The molecule has 0 aliphatic heterocycles. The zero-order chi connectivity index (χ0) is 20.5. The molecule has 0 saturated heterocycles. The van der Waals surface area contributed by atoms with Gasteiger partial charge in [0.1, 0.15) is 11.4 Å². The van der Waals surface area contributed by atoms with Crippen LogP contribution in [0.15, 0.2) is 65.1 Å². The number of carbonyl (C=O) groups excluding carboxylic acids is 1. The van der Waals surface area contributed by atoms with Crippen LogP contribution < -0.4 is 5.32 Å². The molecule has 1 atom stereocenters. The Hall–Kier alpha value is -3.18. The highest BCUT2D eigenvalue weighted by Crippen LogP contribution is 2.31. The third kappa shape index (κ3) is 3.61. The van der Waals surface area contributed by atoms with Gasteiger partial charge in [-0.1, -0.05) is 48.5 Å². The molecule has 0 spiro atoms. The summed E-state index contributed by atoms with van der Waals surface area (Å²) in [4.78, 5) is 14.9. The van der Waals surface area contributed by atoms with Crippen LogP contribution in [-0.2, 0) is 0 Å². The van der Waals surface area contributed by atoms with E-state index in [9.17, 15) is 9.18 Å². The number of fused-ring (bicyclic) bond motifs is 3. The predicted octanol–water partition coefficient (Wildman–Crippen LogP) is 5.07. The highest BCUT2D eigenvalue weighted by Gasteiger charge is 2.21. The number of rotatable bonds is 5. The molecule has 0 saturated carbocycles. The fourth-order valence-corrected chi connectivity index (χ4v) is 3.75. The Kier molecular flexibility index (Phi) is 5.07. The van der Waals surface area contributed by atoms with Crippen molar-refractivity contribution in [1.82, 2.24) is 10.2 Å². The van der Waals surface area contributed by atoms with E-state index in [2.05, 4.69) is 5.32 Å². The standard InChI is InChI=1S/C24H23FN2O2/c1-15-19-12-11-16-7-4-5-10-20(16)23(19)29-22(15)24(28)26-14-21(27(2)3)17-8-6-9-18(25)13-17/h4-13,21H,14H2,1-3H3,(H,26,28)/t21-/m1/s1. The number of aryl methyl sites for hydroxylation is 1. The van der Waals surface area contributed by atoms with Crippen molar-refractivity contribution in [3.8, 4) is 0 Å². The topological polar surface area (TPSA) is 45.5 Å². The van der Waals surface area contributed by atoms with Gasteiger partial charge in [0.2, 0.25) is 0 Å². The molecule has 0 aliphatic carbocycles. The summed E-state index contributed by atoms with van der Waals surface area (Å²) < 4.78 is 19.6. The number of benzene rings is 3. The average molecular weight is 390 g/mol. The van der Waals surface area contributed by atoms with E-state index in [0.29, 0.717) is 12.3 Å². The van der Waals surface area contributed by atoms with Crippen LogP contribution in [0.2, 0.25) is 0 Å². The van der Waals surface area contributed by atoms with Crippen molar-refractivity contribution < 1.29 is 13.6 Å². The molecule has 0 fully saturated rings. The average Bonchev–Trinajstić information content (AvgIpc) is 3.05. The summed E-state index contributed by atoms with van der Waals surface area (Å²) in [5.74, 6) is -0.250. The van der Waals surface area contributed by atoms with Crippen LogP contribution in [0.5, 0.6) is 0 Å². The molecule has 4 aromatic rings. The van der Waals surface area contributed by atoms with Crippen LogP contribution in [-0.4, -0.2) is 31.4 Å². The summed E-state index contributed by atoms with van der Waals surface area (Å²) in [7, 11) is 3.81. The van der Waals surface area contributed by atoms with E-state index in [4.69, 9.17) is 4.42 Å². The minimum atomic E-state index is -0.291. The zero-order valence-corrected chi connectivity index (χ0v) is 16.7. The maximum Gasteiger partial charge on any atom is 0.287 e. The van der Waals surface area contributed by atoms with E-state index in [0.717, 1.165) is 32.9 Å². The fourth-order valence-electron chi connectivity index (χ4n) is 3.75. The lowest BCUT2D eigenvalue weighted by molar-refractivity contribution is 0.0915. The predicted molar refractivity (Wildman–Crippen MR) is 114 cm³/mol. The Morgan fingerprint density at radius 2 is 1.86 bits per heavy atom.